The van der Waals surface area contributed by atoms with Gasteiger partial charge < -0.3 is 10.1 Å². The van der Waals surface area contributed by atoms with Gasteiger partial charge >= 0.3 is 5.97 Å². The van der Waals surface area contributed by atoms with Gasteiger partial charge in [0.1, 0.15) is 6.04 Å². The summed E-state index contributed by atoms with van der Waals surface area (Å²) in [6.07, 6.45) is 4.39. The van der Waals surface area contributed by atoms with Gasteiger partial charge in [-0.15, -0.1) is 12.4 Å². The number of carbonyl (C=O) groups excluding carboxylic acids is 1. The number of esters is 1. The average Bonchev–Trinajstić information content (AvgIpc) is 2.86. The molecular weight excluding hydrogens is 218 g/mol. The molecule has 0 bridgehead atoms. The van der Waals surface area contributed by atoms with Gasteiger partial charge in [0.15, 0.2) is 0 Å². The van der Waals surface area contributed by atoms with Gasteiger partial charge in [-0.25, -0.2) is 0 Å². The largest absolute Gasteiger partial charge is 0.468 e. The number of ether oxygens (including phenoxy) is 1. The van der Waals surface area contributed by atoms with Crippen LogP contribution in [-0.2, 0) is 9.53 Å². The summed E-state index contributed by atoms with van der Waals surface area (Å²) >= 11 is 0. The number of nitrogens with one attached hydrogen (secondary N) is 1. The zero-order chi connectivity index (χ0) is 9.97. The molecule has 1 aromatic rings. The molecule has 84 valence electrons. The highest BCUT2D eigenvalue weighted by Crippen LogP contribution is 2.18. The van der Waals surface area contributed by atoms with E-state index in [9.17, 15) is 4.79 Å². The van der Waals surface area contributed by atoms with E-state index in [-0.39, 0.29) is 30.5 Å². The van der Waals surface area contributed by atoms with Crippen LogP contribution in [0.15, 0.2) is 18.5 Å². The normalized spacial score (nSPS) is 24.6. The highest BCUT2D eigenvalue weighted by molar-refractivity contribution is 5.85. The first-order chi connectivity index (χ1) is 6.81. The molecule has 0 saturated carbocycles. The number of nitrogens with zero attached hydrogens (tertiary/aromatic N) is 2. The molecule has 0 aliphatic carbocycles. The number of carbonyl (C=O) groups is 1. The molecule has 5 nitrogen and oxygen atoms in total. The number of methoxy groups -OCH3 is 1. The summed E-state index contributed by atoms with van der Waals surface area (Å²) in [5.74, 6) is -0.195. The van der Waals surface area contributed by atoms with Gasteiger partial charge in [0, 0.05) is 18.9 Å². The van der Waals surface area contributed by atoms with Gasteiger partial charge in [-0.05, 0) is 12.5 Å². The Bertz CT molecular complexity index is 315. The van der Waals surface area contributed by atoms with E-state index in [1.54, 1.807) is 6.20 Å². The fourth-order valence-corrected chi connectivity index (χ4v) is 1.74. The van der Waals surface area contributed by atoms with Gasteiger partial charge in [-0.2, -0.15) is 5.10 Å². The van der Waals surface area contributed by atoms with Crippen molar-refractivity contribution < 1.29 is 9.53 Å². The van der Waals surface area contributed by atoms with E-state index in [0.717, 1.165) is 13.0 Å². The minimum Gasteiger partial charge on any atom is -0.468 e. The monoisotopic (exact) mass is 231 g/mol. The fourth-order valence-electron chi connectivity index (χ4n) is 1.74. The number of halogens is 1. The minimum absolute atomic E-state index is 0. The van der Waals surface area contributed by atoms with Crippen molar-refractivity contribution in [3.05, 3.63) is 18.5 Å². The zero-order valence-electron chi connectivity index (χ0n) is 8.42. The van der Waals surface area contributed by atoms with Crippen LogP contribution in [0.2, 0.25) is 0 Å². The summed E-state index contributed by atoms with van der Waals surface area (Å²) in [5, 5.41) is 7.25. The van der Waals surface area contributed by atoms with Crippen molar-refractivity contribution in [1.82, 2.24) is 15.1 Å². The highest BCUT2D eigenvalue weighted by Gasteiger charge is 2.31. The SMILES string of the molecule is COC(=O)[C@@H]1CC(n2cccn2)CN1.Cl. The second-order valence-corrected chi connectivity index (χ2v) is 3.36. The minimum atomic E-state index is -0.195. The van der Waals surface area contributed by atoms with Crippen LogP contribution in [-0.4, -0.2) is 35.4 Å². The van der Waals surface area contributed by atoms with Crippen molar-refractivity contribution in [3.63, 3.8) is 0 Å². The molecule has 1 N–H and O–H groups in total. The van der Waals surface area contributed by atoms with Crippen molar-refractivity contribution in [2.24, 2.45) is 0 Å². The molecule has 2 rings (SSSR count). The van der Waals surface area contributed by atoms with Gasteiger partial charge in [-0.3, -0.25) is 9.48 Å². The summed E-state index contributed by atoms with van der Waals surface area (Å²) < 4.78 is 6.54. The van der Waals surface area contributed by atoms with Crippen molar-refractivity contribution in [3.8, 4) is 0 Å². The molecule has 15 heavy (non-hydrogen) atoms. The molecule has 1 aromatic heterocycles. The van der Waals surface area contributed by atoms with E-state index in [1.807, 2.05) is 16.9 Å². The Hall–Kier alpha value is -1.07. The van der Waals surface area contributed by atoms with Crippen LogP contribution in [0.5, 0.6) is 0 Å². The molecular formula is C9H14ClN3O2. The lowest BCUT2D eigenvalue weighted by Crippen LogP contribution is -2.31. The Balaban J connectivity index is 0.00000112. The molecule has 1 saturated heterocycles. The van der Waals surface area contributed by atoms with Gasteiger partial charge in [0.25, 0.3) is 0 Å². The van der Waals surface area contributed by atoms with Crippen molar-refractivity contribution in [2.75, 3.05) is 13.7 Å². The summed E-state index contributed by atoms with van der Waals surface area (Å²) in [6.45, 7) is 0.765. The lowest BCUT2D eigenvalue weighted by atomic mass is 10.2. The molecule has 1 unspecified atom stereocenters. The second kappa shape index (κ2) is 5.14. The van der Waals surface area contributed by atoms with Crippen molar-refractivity contribution in [2.45, 2.75) is 18.5 Å². The molecule has 2 heterocycles. The third-order valence-electron chi connectivity index (χ3n) is 2.49. The van der Waals surface area contributed by atoms with Gasteiger partial charge in [-0.1, -0.05) is 0 Å². The van der Waals surface area contributed by atoms with Crippen LogP contribution < -0.4 is 5.32 Å². The molecule has 1 fully saturated rings. The average molecular weight is 232 g/mol. The third kappa shape index (κ3) is 2.49. The molecule has 0 spiro atoms. The van der Waals surface area contributed by atoms with E-state index < -0.39 is 0 Å². The molecule has 0 radical (unpaired) electrons. The standard InChI is InChI=1S/C9H13N3O2.ClH/c1-14-9(13)8-5-7(6-10-8)12-4-2-3-11-12;/h2-4,7-8,10H,5-6H2,1H3;1H/t7?,8-;/m0./s1. The number of aromatic nitrogens is 2. The second-order valence-electron chi connectivity index (χ2n) is 3.36. The first kappa shape index (κ1) is 12.0. The first-order valence-electron chi connectivity index (χ1n) is 4.61. The Labute approximate surface area is 94.2 Å². The summed E-state index contributed by atoms with van der Waals surface area (Å²) in [6, 6.07) is 1.95. The summed E-state index contributed by atoms with van der Waals surface area (Å²) in [4.78, 5) is 11.2. The number of hydrogen-bond donors (Lipinski definition) is 1. The molecule has 0 amide bonds. The van der Waals surface area contributed by atoms with Crippen molar-refractivity contribution >= 4 is 18.4 Å². The lowest BCUT2D eigenvalue weighted by Gasteiger charge is -2.08. The van der Waals surface area contributed by atoms with Crippen LogP contribution >= 0.6 is 12.4 Å². The van der Waals surface area contributed by atoms with Crippen LogP contribution in [0.4, 0.5) is 0 Å². The maximum Gasteiger partial charge on any atom is 0.322 e. The van der Waals surface area contributed by atoms with E-state index in [4.69, 9.17) is 0 Å². The highest BCUT2D eigenvalue weighted by atomic mass is 35.5. The molecule has 2 atom stereocenters. The summed E-state index contributed by atoms with van der Waals surface area (Å²) in [5.41, 5.74) is 0. The van der Waals surface area contributed by atoms with E-state index in [1.165, 1.54) is 7.11 Å². The predicted octanol–water partition coefficient (Wildman–Crippen LogP) is 0.381. The molecule has 6 heteroatoms. The van der Waals surface area contributed by atoms with Gasteiger partial charge in [0.2, 0.25) is 0 Å². The van der Waals surface area contributed by atoms with Crippen LogP contribution in [0.3, 0.4) is 0 Å². The first-order valence-corrected chi connectivity index (χ1v) is 4.61. The van der Waals surface area contributed by atoms with Crippen molar-refractivity contribution in [1.29, 1.82) is 0 Å². The number of hydrogen-bond acceptors (Lipinski definition) is 4. The van der Waals surface area contributed by atoms with Crippen LogP contribution in [0.1, 0.15) is 12.5 Å². The van der Waals surface area contributed by atoms with Gasteiger partial charge in [0.05, 0.1) is 13.2 Å². The topological polar surface area (TPSA) is 56.2 Å². The Morgan fingerprint density at radius 2 is 2.47 bits per heavy atom. The fraction of sp³-hybridized carbons (Fsp3) is 0.556. The third-order valence-corrected chi connectivity index (χ3v) is 2.49. The summed E-state index contributed by atoms with van der Waals surface area (Å²) in [7, 11) is 1.41. The number of rotatable bonds is 2. The van der Waals surface area contributed by atoms with Crippen LogP contribution in [0.25, 0.3) is 0 Å². The van der Waals surface area contributed by atoms with E-state index in [0.29, 0.717) is 0 Å². The van der Waals surface area contributed by atoms with E-state index in [2.05, 4.69) is 15.2 Å². The molecule has 0 aromatic carbocycles. The Morgan fingerprint density at radius 3 is 3.07 bits per heavy atom. The predicted molar refractivity (Wildman–Crippen MR) is 56.9 cm³/mol. The molecule has 1 aliphatic rings. The Kier molecular flexibility index (Phi) is 4.11. The Morgan fingerprint density at radius 1 is 1.67 bits per heavy atom. The smallest absolute Gasteiger partial charge is 0.322 e. The molecule has 1 aliphatic heterocycles. The zero-order valence-corrected chi connectivity index (χ0v) is 9.24. The lowest BCUT2D eigenvalue weighted by molar-refractivity contribution is -0.142. The van der Waals surface area contributed by atoms with Crippen LogP contribution in [0, 0.1) is 0 Å². The maximum absolute atomic E-state index is 11.2. The quantitative estimate of drug-likeness (QED) is 0.748. The maximum atomic E-state index is 11.2. The van der Waals surface area contributed by atoms with E-state index >= 15 is 0 Å².